The quantitative estimate of drug-likeness (QED) is 0.661. The Labute approximate surface area is 123 Å². The van der Waals surface area contributed by atoms with Gasteiger partial charge in [-0.25, -0.2) is 0 Å². The topological polar surface area (TPSA) is 103 Å². The predicted molar refractivity (Wildman–Crippen MR) is 75.4 cm³/mol. The van der Waals surface area contributed by atoms with E-state index in [0.29, 0.717) is 0 Å². The smallest absolute Gasteiger partial charge is 0.305 e. The summed E-state index contributed by atoms with van der Waals surface area (Å²) in [6.45, 7) is -0.374. The van der Waals surface area contributed by atoms with Crippen molar-refractivity contribution in [3.63, 3.8) is 0 Å². The highest BCUT2D eigenvalue weighted by Crippen LogP contribution is 2.25. The third-order valence-corrected chi connectivity index (χ3v) is 3.09. The average Bonchev–Trinajstić information content (AvgIpc) is 2.49. The fourth-order valence-electron chi connectivity index (χ4n) is 1.91. The number of likely N-dealkylation sites (N-methyl/N-ethyl adjacent to an activating group) is 1. The van der Waals surface area contributed by atoms with E-state index in [1.807, 2.05) is 0 Å². The number of carbonyl (C=O) groups excluding carboxylic acids is 1. The second-order valence-corrected chi connectivity index (χ2v) is 4.45. The number of pyridine rings is 1. The van der Waals surface area contributed by atoms with E-state index in [9.17, 15) is 24.1 Å². The van der Waals surface area contributed by atoms with E-state index in [-0.39, 0.29) is 23.3 Å². The van der Waals surface area contributed by atoms with E-state index in [0.717, 1.165) is 16.7 Å². The van der Waals surface area contributed by atoms with Gasteiger partial charge in [-0.15, -0.1) is 0 Å². The van der Waals surface area contributed by atoms with Crippen LogP contribution in [0.1, 0.15) is 0 Å². The van der Waals surface area contributed by atoms with Crippen molar-refractivity contribution in [2.24, 2.45) is 7.05 Å². The molecule has 1 aromatic heterocycles. The second kappa shape index (κ2) is 5.80. The van der Waals surface area contributed by atoms with E-state index < -0.39 is 27.9 Å². The molecule has 22 heavy (non-hydrogen) atoms. The molecule has 1 aromatic carbocycles. The summed E-state index contributed by atoms with van der Waals surface area (Å²) >= 11 is 0. The standard InChI is InChI=1S/C13H12FN3O5/c1-15-12(18)6-22-11-4-7-3-10(17(20)21)8(14)5-9(7)16(2)13(11)19/h3-5H,6H2,1-2H3,(H,15,18). The van der Waals surface area contributed by atoms with Crippen molar-refractivity contribution in [2.75, 3.05) is 13.7 Å². The number of nitro groups is 1. The second-order valence-electron chi connectivity index (χ2n) is 4.45. The number of carbonyl (C=O) groups is 1. The lowest BCUT2D eigenvalue weighted by Crippen LogP contribution is -2.27. The van der Waals surface area contributed by atoms with Crippen LogP contribution < -0.4 is 15.6 Å². The number of nitro benzene ring substituents is 1. The molecule has 0 spiro atoms. The molecule has 0 fully saturated rings. The van der Waals surface area contributed by atoms with Crippen molar-refractivity contribution in [3.05, 3.63) is 44.5 Å². The summed E-state index contributed by atoms with van der Waals surface area (Å²) in [5.74, 6) is -1.63. The highest BCUT2D eigenvalue weighted by atomic mass is 19.1. The van der Waals surface area contributed by atoms with Gasteiger partial charge in [0.2, 0.25) is 5.82 Å². The number of halogens is 1. The van der Waals surface area contributed by atoms with E-state index in [1.54, 1.807) is 0 Å². The summed E-state index contributed by atoms with van der Waals surface area (Å²) in [4.78, 5) is 33.1. The third-order valence-electron chi connectivity index (χ3n) is 3.09. The van der Waals surface area contributed by atoms with Gasteiger partial charge in [-0.3, -0.25) is 19.7 Å². The summed E-state index contributed by atoms with van der Waals surface area (Å²) in [5, 5.41) is 13.3. The van der Waals surface area contributed by atoms with Gasteiger partial charge in [0.25, 0.3) is 11.5 Å². The average molecular weight is 309 g/mol. The molecular formula is C13H12FN3O5. The molecule has 2 aromatic rings. The Morgan fingerprint density at radius 2 is 2.14 bits per heavy atom. The molecule has 0 radical (unpaired) electrons. The molecule has 0 saturated carbocycles. The van der Waals surface area contributed by atoms with Crippen LogP contribution in [-0.4, -0.2) is 29.1 Å². The molecule has 0 aliphatic rings. The van der Waals surface area contributed by atoms with Gasteiger partial charge in [0.05, 0.1) is 10.4 Å². The summed E-state index contributed by atoms with van der Waals surface area (Å²) in [5.41, 5.74) is -1.10. The molecule has 0 bridgehead atoms. The Morgan fingerprint density at radius 3 is 2.73 bits per heavy atom. The highest BCUT2D eigenvalue weighted by molar-refractivity contribution is 5.83. The number of hydrogen-bond acceptors (Lipinski definition) is 5. The van der Waals surface area contributed by atoms with Crippen molar-refractivity contribution in [2.45, 2.75) is 0 Å². The SMILES string of the molecule is CNC(=O)COc1cc2cc([N+](=O)[O-])c(F)cc2n(C)c1=O. The lowest BCUT2D eigenvalue weighted by Gasteiger charge is -2.10. The first kappa shape index (κ1) is 15.4. The van der Waals surface area contributed by atoms with E-state index in [4.69, 9.17) is 4.74 Å². The van der Waals surface area contributed by atoms with Gasteiger partial charge < -0.3 is 14.6 Å². The van der Waals surface area contributed by atoms with Gasteiger partial charge in [-0.2, -0.15) is 4.39 Å². The Balaban J connectivity index is 2.58. The monoisotopic (exact) mass is 309 g/mol. The van der Waals surface area contributed by atoms with Crippen LogP contribution in [0.4, 0.5) is 10.1 Å². The summed E-state index contributed by atoms with van der Waals surface area (Å²) in [6, 6.07) is 3.17. The highest BCUT2D eigenvalue weighted by Gasteiger charge is 2.18. The summed E-state index contributed by atoms with van der Waals surface area (Å²) < 4.78 is 19.8. The fourth-order valence-corrected chi connectivity index (χ4v) is 1.91. The number of nitrogens with one attached hydrogen (secondary N) is 1. The van der Waals surface area contributed by atoms with Crippen LogP contribution in [0.2, 0.25) is 0 Å². The van der Waals surface area contributed by atoms with Crippen molar-refractivity contribution in [1.82, 2.24) is 9.88 Å². The van der Waals surface area contributed by atoms with E-state index in [1.165, 1.54) is 20.2 Å². The Hall–Kier alpha value is -2.97. The minimum Gasteiger partial charge on any atom is -0.478 e. The number of benzene rings is 1. The Kier molecular flexibility index (Phi) is 4.06. The van der Waals surface area contributed by atoms with Crippen LogP contribution >= 0.6 is 0 Å². The Bertz CT molecular complexity index is 831. The van der Waals surface area contributed by atoms with Crippen LogP contribution in [0.3, 0.4) is 0 Å². The molecule has 1 N–H and O–H groups in total. The number of amides is 1. The normalized spacial score (nSPS) is 10.5. The molecule has 9 heteroatoms. The molecule has 0 unspecified atom stereocenters. The molecule has 0 aliphatic carbocycles. The minimum atomic E-state index is -1.04. The number of rotatable bonds is 4. The number of ether oxygens (including phenoxy) is 1. The van der Waals surface area contributed by atoms with Gasteiger partial charge in [0.15, 0.2) is 12.4 Å². The van der Waals surface area contributed by atoms with Crippen molar-refractivity contribution in [1.29, 1.82) is 0 Å². The van der Waals surface area contributed by atoms with Gasteiger partial charge in [-0.1, -0.05) is 0 Å². The van der Waals surface area contributed by atoms with Gasteiger partial charge in [0, 0.05) is 31.6 Å². The molecule has 2 rings (SSSR count). The fraction of sp³-hybridized carbons (Fsp3) is 0.231. The molecule has 0 aliphatic heterocycles. The molecule has 116 valence electrons. The zero-order valence-corrected chi connectivity index (χ0v) is 11.8. The number of nitrogens with zero attached hydrogens (tertiary/aromatic N) is 2. The maximum Gasteiger partial charge on any atom is 0.305 e. The van der Waals surface area contributed by atoms with E-state index in [2.05, 4.69) is 5.32 Å². The van der Waals surface area contributed by atoms with Crippen LogP contribution in [0.15, 0.2) is 23.0 Å². The maximum absolute atomic E-state index is 13.6. The minimum absolute atomic E-state index is 0.153. The first-order valence-electron chi connectivity index (χ1n) is 6.16. The van der Waals surface area contributed by atoms with Crippen LogP contribution in [0.5, 0.6) is 5.75 Å². The third kappa shape index (κ3) is 2.73. The van der Waals surface area contributed by atoms with Crippen LogP contribution in [-0.2, 0) is 11.8 Å². The van der Waals surface area contributed by atoms with E-state index >= 15 is 0 Å². The number of hydrogen-bond donors (Lipinski definition) is 1. The lowest BCUT2D eigenvalue weighted by atomic mass is 10.2. The summed E-state index contributed by atoms with van der Waals surface area (Å²) in [6.07, 6.45) is 0. The van der Waals surface area contributed by atoms with Crippen molar-refractivity contribution >= 4 is 22.5 Å². The summed E-state index contributed by atoms with van der Waals surface area (Å²) in [7, 11) is 2.79. The zero-order valence-electron chi connectivity index (χ0n) is 11.8. The largest absolute Gasteiger partial charge is 0.478 e. The Morgan fingerprint density at radius 1 is 1.45 bits per heavy atom. The van der Waals surface area contributed by atoms with Crippen molar-refractivity contribution < 1.29 is 18.8 Å². The number of aryl methyl sites for hydroxylation is 1. The van der Waals surface area contributed by atoms with Crippen molar-refractivity contribution in [3.8, 4) is 5.75 Å². The first-order chi connectivity index (χ1) is 10.3. The molecule has 0 saturated heterocycles. The van der Waals surface area contributed by atoms with Crippen LogP contribution in [0.25, 0.3) is 10.9 Å². The molecular weight excluding hydrogens is 297 g/mol. The first-order valence-corrected chi connectivity index (χ1v) is 6.16. The molecule has 0 atom stereocenters. The zero-order chi connectivity index (χ0) is 16.4. The maximum atomic E-state index is 13.6. The number of aromatic nitrogens is 1. The number of fused-ring (bicyclic) bond motifs is 1. The van der Waals surface area contributed by atoms with Gasteiger partial charge in [0.1, 0.15) is 0 Å². The van der Waals surface area contributed by atoms with Gasteiger partial charge in [-0.05, 0) is 6.07 Å². The molecule has 1 amide bonds. The molecule has 8 nitrogen and oxygen atoms in total. The molecule has 1 heterocycles. The van der Waals surface area contributed by atoms with Gasteiger partial charge >= 0.3 is 5.69 Å². The predicted octanol–water partition coefficient (Wildman–Crippen LogP) is 0.711. The van der Waals surface area contributed by atoms with Crippen LogP contribution in [0, 0.1) is 15.9 Å². The lowest BCUT2D eigenvalue weighted by molar-refractivity contribution is -0.387.